The maximum Gasteiger partial charge on any atom is 0.150 e. The highest BCUT2D eigenvalue weighted by Gasteiger charge is 2.30. The number of hydrogen-bond donors (Lipinski definition) is 2. The third-order valence-corrected chi connectivity index (χ3v) is 9.49. The van der Waals surface area contributed by atoms with Gasteiger partial charge in [0.15, 0.2) is 0 Å². The lowest BCUT2D eigenvalue weighted by Crippen LogP contribution is -2.27. The van der Waals surface area contributed by atoms with Gasteiger partial charge in [-0.15, -0.1) is 0 Å². The summed E-state index contributed by atoms with van der Waals surface area (Å²) in [5.41, 5.74) is 1.39. The Bertz CT molecular complexity index is 973. The van der Waals surface area contributed by atoms with Gasteiger partial charge < -0.3 is 10.2 Å². The van der Waals surface area contributed by atoms with E-state index < -0.39 is 22.0 Å². The quantitative estimate of drug-likeness (QED) is 0.485. The van der Waals surface area contributed by atoms with Crippen molar-refractivity contribution in [2.45, 2.75) is 37.9 Å². The van der Waals surface area contributed by atoms with Gasteiger partial charge in [-0.05, 0) is 105 Å². The molecular weight excluding hydrogens is 580 g/mol. The van der Waals surface area contributed by atoms with Crippen LogP contribution in [0.25, 0.3) is 0 Å². The highest BCUT2D eigenvalue weighted by Crippen LogP contribution is 2.33. The molecule has 2 aliphatic heterocycles. The van der Waals surface area contributed by atoms with Crippen LogP contribution in [0.1, 0.15) is 49.3 Å². The van der Waals surface area contributed by atoms with E-state index in [0.717, 1.165) is 34.6 Å². The van der Waals surface area contributed by atoms with Crippen molar-refractivity contribution in [2.24, 2.45) is 11.8 Å². The van der Waals surface area contributed by atoms with Crippen LogP contribution in [0.4, 0.5) is 0 Å². The fourth-order valence-corrected chi connectivity index (χ4v) is 7.30. The molecule has 176 valence electrons. The zero-order valence-corrected chi connectivity index (χ0v) is 22.4. The second-order valence-electron chi connectivity index (χ2n) is 8.10. The van der Waals surface area contributed by atoms with Gasteiger partial charge >= 0.3 is 0 Å². The van der Waals surface area contributed by atoms with Gasteiger partial charge in [-0.25, -0.2) is 18.4 Å². The van der Waals surface area contributed by atoms with E-state index in [9.17, 15) is 18.6 Å². The highest BCUT2D eigenvalue weighted by molar-refractivity contribution is 9.10. The smallest absolute Gasteiger partial charge is 0.150 e. The molecule has 0 saturated carbocycles. The zero-order chi connectivity index (χ0) is 23.1. The van der Waals surface area contributed by atoms with Crippen LogP contribution in [0, 0.1) is 11.8 Å². The van der Waals surface area contributed by atoms with E-state index in [1.165, 1.54) is 0 Å². The van der Waals surface area contributed by atoms with E-state index in [1.807, 2.05) is 36.0 Å². The number of pyridine rings is 2. The Morgan fingerprint density at radius 2 is 1.25 bits per heavy atom. The van der Waals surface area contributed by atoms with Crippen LogP contribution in [-0.4, -0.2) is 51.6 Å². The number of aromatic nitrogens is 2. The molecule has 2 unspecified atom stereocenters. The summed E-state index contributed by atoms with van der Waals surface area (Å²) < 4.78 is 24.1. The predicted molar refractivity (Wildman–Crippen MR) is 135 cm³/mol. The summed E-state index contributed by atoms with van der Waals surface area (Å²) in [6.07, 6.45) is 2.14. The number of nitrogens with zero attached hydrogens (tertiary/aromatic N) is 2. The molecule has 2 aromatic heterocycles. The number of aliphatic hydroxyl groups is 2. The van der Waals surface area contributed by atoms with E-state index in [2.05, 4.69) is 41.8 Å². The molecule has 4 heterocycles. The maximum absolute atomic E-state index is 11.3. The SMILES string of the molecule is O=S1(=O)CCC(C(O)c2cccc(Br)n2)CC1.OC(c1cccc(Br)n1)C1CCSCC1. The monoisotopic (exact) mass is 606 g/mol. The fraction of sp³-hybridized carbons (Fsp3) is 0.545. The summed E-state index contributed by atoms with van der Waals surface area (Å²) in [7, 11) is -2.88. The molecule has 2 saturated heterocycles. The van der Waals surface area contributed by atoms with E-state index in [1.54, 1.807) is 12.1 Å². The third-order valence-electron chi connectivity index (χ3n) is 5.84. The first-order valence-corrected chi connectivity index (χ1v) is 15.2. The van der Waals surface area contributed by atoms with Crippen LogP contribution in [0.2, 0.25) is 0 Å². The Kier molecular flexibility index (Phi) is 10.00. The van der Waals surface area contributed by atoms with Gasteiger partial charge in [0.1, 0.15) is 19.0 Å². The summed E-state index contributed by atoms with van der Waals surface area (Å²) in [6.45, 7) is 0. The molecule has 0 spiro atoms. The lowest BCUT2D eigenvalue weighted by atomic mass is 9.93. The molecule has 10 heteroatoms. The number of rotatable bonds is 4. The van der Waals surface area contributed by atoms with Crippen LogP contribution in [0.5, 0.6) is 0 Å². The number of thioether (sulfide) groups is 1. The number of halogens is 2. The van der Waals surface area contributed by atoms with Gasteiger partial charge in [0.25, 0.3) is 0 Å². The molecule has 2 N–H and O–H groups in total. The highest BCUT2D eigenvalue weighted by atomic mass is 79.9. The lowest BCUT2D eigenvalue weighted by molar-refractivity contribution is 0.0977. The van der Waals surface area contributed by atoms with Crippen LogP contribution < -0.4 is 0 Å². The summed E-state index contributed by atoms with van der Waals surface area (Å²) in [5, 5.41) is 20.3. The summed E-state index contributed by atoms with van der Waals surface area (Å²) in [6, 6.07) is 11.1. The topological polar surface area (TPSA) is 100 Å². The summed E-state index contributed by atoms with van der Waals surface area (Å²) >= 11 is 8.56. The zero-order valence-electron chi connectivity index (χ0n) is 17.6. The number of hydrogen-bond acceptors (Lipinski definition) is 7. The molecule has 0 aromatic carbocycles. The van der Waals surface area contributed by atoms with Gasteiger partial charge in [0.05, 0.1) is 35.1 Å². The molecule has 4 rings (SSSR count). The Labute approximate surface area is 210 Å². The Morgan fingerprint density at radius 3 is 1.69 bits per heavy atom. The lowest BCUT2D eigenvalue weighted by Gasteiger charge is -2.26. The Balaban J connectivity index is 0.000000182. The van der Waals surface area contributed by atoms with E-state index in [0.29, 0.717) is 29.1 Å². The number of sulfone groups is 1. The van der Waals surface area contributed by atoms with E-state index in [-0.39, 0.29) is 17.4 Å². The molecule has 0 aliphatic carbocycles. The van der Waals surface area contributed by atoms with Crippen molar-refractivity contribution in [1.82, 2.24) is 9.97 Å². The third kappa shape index (κ3) is 7.77. The van der Waals surface area contributed by atoms with Gasteiger partial charge in [-0.1, -0.05) is 12.1 Å². The predicted octanol–water partition coefficient (Wildman–Crippen LogP) is 4.72. The van der Waals surface area contributed by atoms with Gasteiger partial charge in [-0.3, -0.25) is 0 Å². The second-order valence-corrected chi connectivity index (χ2v) is 13.3. The summed E-state index contributed by atoms with van der Waals surface area (Å²) in [4.78, 5) is 8.51. The van der Waals surface area contributed by atoms with Crippen LogP contribution in [-0.2, 0) is 9.84 Å². The molecule has 0 bridgehead atoms. The molecule has 0 amide bonds. The van der Waals surface area contributed by atoms with Crippen LogP contribution in [0.3, 0.4) is 0 Å². The van der Waals surface area contributed by atoms with Crippen LogP contribution >= 0.6 is 43.6 Å². The van der Waals surface area contributed by atoms with E-state index >= 15 is 0 Å². The van der Waals surface area contributed by atoms with Crippen LogP contribution in [0.15, 0.2) is 45.6 Å². The molecular formula is C22H28Br2N2O4S2. The maximum atomic E-state index is 11.3. The molecule has 2 atom stereocenters. The van der Waals surface area contributed by atoms with Gasteiger partial charge in [0.2, 0.25) is 0 Å². The Morgan fingerprint density at radius 1 is 0.812 bits per heavy atom. The molecule has 6 nitrogen and oxygen atoms in total. The first-order chi connectivity index (χ1) is 15.2. The Hall–Kier alpha value is -0.520. The van der Waals surface area contributed by atoms with Crippen molar-refractivity contribution >= 4 is 53.5 Å². The van der Waals surface area contributed by atoms with Gasteiger partial charge in [0, 0.05) is 0 Å². The molecule has 2 aliphatic rings. The molecule has 32 heavy (non-hydrogen) atoms. The van der Waals surface area contributed by atoms with Crippen molar-refractivity contribution in [2.75, 3.05) is 23.0 Å². The minimum Gasteiger partial charge on any atom is -0.387 e. The summed E-state index contributed by atoms with van der Waals surface area (Å²) in [5.74, 6) is 3.03. The van der Waals surface area contributed by atoms with Crippen molar-refractivity contribution in [3.05, 3.63) is 57.0 Å². The minimum absolute atomic E-state index is 0.0136. The average Bonchev–Trinajstić information content (AvgIpc) is 2.79. The fourth-order valence-electron chi connectivity index (χ4n) is 3.92. The second kappa shape index (κ2) is 12.3. The normalized spacial score (nSPS) is 21.2. The molecule has 2 fully saturated rings. The average molecular weight is 608 g/mol. The minimum atomic E-state index is -2.88. The van der Waals surface area contributed by atoms with Crippen molar-refractivity contribution < 1.29 is 18.6 Å². The van der Waals surface area contributed by atoms with Crippen molar-refractivity contribution in [3.63, 3.8) is 0 Å². The first kappa shape index (κ1) is 26.1. The van der Waals surface area contributed by atoms with E-state index in [4.69, 9.17) is 0 Å². The van der Waals surface area contributed by atoms with Crippen molar-refractivity contribution in [3.8, 4) is 0 Å². The standard InChI is InChI=1S/C11H14BrNO3S.C11H14BrNOS/c12-10-3-1-2-9(13-10)11(14)8-4-6-17(15,16)7-5-8;12-10-3-1-2-9(13-10)11(14)8-4-6-15-7-5-8/h1-3,8,11,14H,4-7H2;1-3,8,11,14H,4-7H2. The number of aliphatic hydroxyl groups excluding tert-OH is 2. The van der Waals surface area contributed by atoms with Gasteiger partial charge in [-0.2, -0.15) is 11.8 Å². The molecule has 0 radical (unpaired) electrons. The first-order valence-electron chi connectivity index (χ1n) is 10.6. The molecule has 2 aromatic rings. The van der Waals surface area contributed by atoms with Crippen molar-refractivity contribution in [1.29, 1.82) is 0 Å². The largest absolute Gasteiger partial charge is 0.387 e.